The second-order valence-corrected chi connectivity index (χ2v) is 6.53. The standard InChI is InChI=1S/C17H20N6O/c1-11-16-7-15(24-17(16)20-12(2)19-11)10-22-4-3-5-23-14(9-22)6-13(8-18)21-23/h6,15H,3-5,7,9-10H2,1-2H3/t15-/m1/s1. The van der Waals surface area contributed by atoms with E-state index in [1.807, 2.05) is 24.6 Å². The lowest BCUT2D eigenvalue weighted by Gasteiger charge is -2.22. The summed E-state index contributed by atoms with van der Waals surface area (Å²) in [6, 6.07) is 4.02. The van der Waals surface area contributed by atoms with E-state index in [2.05, 4.69) is 26.0 Å². The summed E-state index contributed by atoms with van der Waals surface area (Å²) in [5.74, 6) is 1.51. The molecule has 7 heteroatoms. The van der Waals surface area contributed by atoms with Gasteiger partial charge in [-0.15, -0.1) is 0 Å². The third kappa shape index (κ3) is 2.74. The van der Waals surface area contributed by atoms with Gasteiger partial charge < -0.3 is 4.74 Å². The van der Waals surface area contributed by atoms with Gasteiger partial charge in [-0.2, -0.15) is 15.3 Å². The second kappa shape index (κ2) is 5.87. The Bertz CT molecular complexity index is 821. The first kappa shape index (κ1) is 15.1. The smallest absolute Gasteiger partial charge is 0.220 e. The molecular weight excluding hydrogens is 304 g/mol. The van der Waals surface area contributed by atoms with E-state index >= 15 is 0 Å². The van der Waals surface area contributed by atoms with Gasteiger partial charge >= 0.3 is 0 Å². The predicted octanol–water partition coefficient (Wildman–Crippen LogP) is 1.37. The Hall–Kier alpha value is -2.46. The number of hydrogen-bond acceptors (Lipinski definition) is 6. The number of rotatable bonds is 2. The lowest BCUT2D eigenvalue weighted by Crippen LogP contribution is -2.34. The highest BCUT2D eigenvalue weighted by molar-refractivity contribution is 5.34. The number of fused-ring (bicyclic) bond motifs is 2. The van der Waals surface area contributed by atoms with Crippen molar-refractivity contribution in [1.82, 2.24) is 24.6 Å². The van der Waals surface area contributed by atoms with Crippen LogP contribution in [0.2, 0.25) is 0 Å². The maximum Gasteiger partial charge on any atom is 0.220 e. The lowest BCUT2D eigenvalue weighted by molar-refractivity contribution is 0.143. The molecule has 2 aromatic rings. The molecule has 0 unspecified atom stereocenters. The third-order valence-corrected chi connectivity index (χ3v) is 4.67. The van der Waals surface area contributed by atoms with Crippen molar-refractivity contribution < 1.29 is 4.74 Å². The highest BCUT2D eigenvalue weighted by Gasteiger charge is 2.29. The molecule has 24 heavy (non-hydrogen) atoms. The molecule has 0 saturated heterocycles. The maximum absolute atomic E-state index is 9.03. The summed E-state index contributed by atoms with van der Waals surface area (Å²) in [6.45, 7) is 7.44. The molecule has 2 aliphatic rings. The van der Waals surface area contributed by atoms with E-state index in [0.717, 1.165) is 67.7 Å². The van der Waals surface area contributed by atoms with Gasteiger partial charge in [0.05, 0.1) is 5.69 Å². The molecule has 0 radical (unpaired) electrons. The Morgan fingerprint density at radius 2 is 2.21 bits per heavy atom. The molecular formula is C17H20N6O. The molecule has 4 heterocycles. The van der Waals surface area contributed by atoms with Crippen LogP contribution in [0.3, 0.4) is 0 Å². The summed E-state index contributed by atoms with van der Waals surface area (Å²) < 4.78 is 8.02. The summed E-state index contributed by atoms with van der Waals surface area (Å²) in [5, 5.41) is 13.4. The first-order chi connectivity index (χ1) is 11.6. The van der Waals surface area contributed by atoms with E-state index in [4.69, 9.17) is 10.00 Å². The molecule has 0 spiro atoms. The van der Waals surface area contributed by atoms with Crippen molar-refractivity contribution in [1.29, 1.82) is 5.26 Å². The number of aryl methyl sites for hydroxylation is 3. The molecule has 2 aromatic heterocycles. The third-order valence-electron chi connectivity index (χ3n) is 4.67. The van der Waals surface area contributed by atoms with Gasteiger partial charge in [0.15, 0.2) is 5.69 Å². The zero-order valence-electron chi connectivity index (χ0n) is 14.0. The Morgan fingerprint density at radius 1 is 1.33 bits per heavy atom. The molecule has 0 amide bonds. The highest BCUT2D eigenvalue weighted by atomic mass is 16.5. The largest absolute Gasteiger partial charge is 0.472 e. The fourth-order valence-electron chi connectivity index (χ4n) is 3.59. The molecule has 0 fully saturated rings. The molecule has 4 rings (SSSR count). The van der Waals surface area contributed by atoms with Gasteiger partial charge in [-0.05, 0) is 26.3 Å². The van der Waals surface area contributed by atoms with Gasteiger partial charge in [0.25, 0.3) is 0 Å². The van der Waals surface area contributed by atoms with Crippen molar-refractivity contribution in [3.8, 4) is 11.9 Å². The lowest BCUT2D eigenvalue weighted by atomic mass is 10.1. The van der Waals surface area contributed by atoms with Gasteiger partial charge in [-0.25, -0.2) is 4.98 Å². The summed E-state index contributed by atoms with van der Waals surface area (Å²) in [5.41, 5.74) is 3.76. The van der Waals surface area contributed by atoms with E-state index in [1.165, 1.54) is 0 Å². The Kier molecular flexibility index (Phi) is 3.69. The van der Waals surface area contributed by atoms with Crippen molar-refractivity contribution in [2.75, 3.05) is 13.1 Å². The highest BCUT2D eigenvalue weighted by Crippen LogP contribution is 2.29. The van der Waals surface area contributed by atoms with Crippen LogP contribution in [0.25, 0.3) is 0 Å². The van der Waals surface area contributed by atoms with Crippen LogP contribution in [0.4, 0.5) is 0 Å². The van der Waals surface area contributed by atoms with Crippen molar-refractivity contribution >= 4 is 0 Å². The molecule has 0 N–H and O–H groups in total. The second-order valence-electron chi connectivity index (χ2n) is 6.53. The number of ether oxygens (including phenoxy) is 1. The zero-order valence-corrected chi connectivity index (χ0v) is 14.0. The van der Waals surface area contributed by atoms with Crippen molar-refractivity contribution in [2.45, 2.75) is 45.9 Å². The minimum Gasteiger partial charge on any atom is -0.472 e. The molecule has 1 atom stereocenters. The zero-order chi connectivity index (χ0) is 16.7. The van der Waals surface area contributed by atoms with E-state index < -0.39 is 0 Å². The van der Waals surface area contributed by atoms with Crippen LogP contribution in [-0.4, -0.2) is 43.8 Å². The first-order valence-corrected chi connectivity index (χ1v) is 8.32. The quantitative estimate of drug-likeness (QED) is 0.830. The predicted molar refractivity (Wildman–Crippen MR) is 86.5 cm³/mol. The van der Waals surface area contributed by atoms with Gasteiger partial charge in [0.2, 0.25) is 5.88 Å². The number of nitriles is 1. The van der Waals surface area contributed by atoms with E-state index in [-0.39, 0.29) is 6.10 Å². The van der Waals surface area contributed by atoms with Gasteiger partial charge in [-0.3, -0.25) is 9.58 Å². The fraction of sp³-hybridized carbons (Fsp3) is 0.529. The van der Waals surface area contributed by atoms with E-state index in [1.54, 1.807) is 0 Å². The minimum absolute atomic E-state index is 0.111. The SMILES string of the molecule is Cc1nc(C)c2c(n1)O[C@@H](CN1CCCn3nc(C#N)cc3C1)C2. The number of aromatic nitrogens is 4. The van der Waals surface area contributed by atoms with Crippen LogP contribution in [0.15, 0.2) is 6.07 Å². The van der Waals surface area contributed by atoms with Gasteiger partial charge in [0.1, 0.15) is 18.0 Å². The van der Waals surface area contributed by atoms with Crippen LogP contribution in [0, 0.1) is 25.2 Å². The average molecular weight is 324 g/mol. The Labute approximate surface area is 140 Å². The molecule has 0 aromatic carbocycles. The summed E-state index contributed by atoms with van der Waals surface area (Å²) in [7, 11) is 0. The van der Waals surface area contributed by atoms with Gasteiger partial charge in [-0.1, -0.05) is 0 Å². The normalized spacial score (nSPS) is 20.0. The molecule has 124 valence electrons. The molecule has 2 aliphatic heterocycles. The molecule has 7 nitrogen and oxygen atoms in total. The number of nitrogens with zero attached hydrogens (tertiary/aromatic N) is 6. The molecule has 0 aliphatic carbocycles. The van der Waals surface area contributed by atoms with Crippen molar-refractivity contribution in [3.05, 3.63) is 34.5 Å². The van der Waals surface area contributed by atoms with Crippen molar-refractivity contribution in [2.24, 2.45) is 0 Å². The number of hydrogen-bond donors (Lipinski definition) is 0. The summed E-state index contributed by atoms with van der Waals surface area (Å²) in [4.78, 5) is 11.2. The van der Waals surface area contributed by atoms with Crippen LogP contribution in [0.5, 0.6) is 5.88 Å². The minimum atomic E-state index is 0.111. The average Bonchev–Trinajstić information content (AvgIpc) is 3.06. The molecule has 0 saturated carbocycles. The molecule has 0 bridgehead atoms. The summed E-state index contributed by atoms with van der Waals surface area (Å²) in [6.07, 6.45) is 2.00. The van der Waals surface area contributed by atoms with E-state index in [0.29, 0.717) is 5.69 Å². The monoisotopic (exact) mass is 324 g/mol. The van der Waals surface area contributed by atoms with Gasteiger partial charge in [0, 0.05) is 43.9 Å². The van der Waals surface area contributed by atoms with Crippen LogP contribution in [0.1, 0.15) is 34.9 Å². The fourth-order valence-corrected chi connectivity index (χ4v) is 3.59. The maximum atomic E-state index is 9.03. The summed E-state index contributed by atoms with van der Waals surface area (Å²) >= 11 is 0. The Morgan fingerprint density at radius 3 is 3.04 bits per heavy atom. The first-order valence-electron chi connectivity index (χ1n) is 8.32. The van der Waals surface area contributed by atoms with Crippen LogP contribution < -0.4 is 4.74 Å². The van der Waals surface area contributed by atoms with E-state index in [9.17, 15) is 0 Å². The van der Waals surface area contributed by atoms with Crippen molar-refractivity contribution in [3.63, 3.8) is 0 Å². The van der Waals surface area contributed by atoms with Crippen LogP contribution in [-0.2, 0) is 19.5 Å². The Balaban J connectivity index is 1.47. The van der Waals surface area contributed by atoms with Crippen LogP contribution >= 0.6 is 0 Å². The topological polar surface area (TPSA) is 79.9 Å².